The van der Waals surface area contributed by atoms with E-state index in [1.807, 2.05) is 0 Å². The second-order valence-electron chi connectivity index (χ2n) is 30.2. The number of alkyl halides is 4. The fraction of sp³-hybridized carbons (Fsp3) is 0.492. The second kappa shape index (κ2) is 36.4. The van der Waals surface area contributed by atoms with Gasteiger partial charge in [-0.05, 0) is 77.2 Å². The summed E-state index contributed by atoms with van der Waals surface area (Å²) in [6.07, 6.45) is -17.8. The van der Waals surface area contributed by atoms with E-state index < -0.39 is 230 Å². The molecule has 714 valence electrons. The molecule has 21 heterocycles. The first-order chi connectivity index (χ1) is 63.1. The second-order valence-corrected chi connectivity index (χ2v) is 48.4. The molecule has 55 nitrogen and oxygen atoms in total. The maximum Gasteiger partial charge on any atom is 0.386 e. The number of thiol groups is 1. The lowest BCUT2D eigenvalue weighted by Gasteiger charge is -2.27. The topological polar surface area (TPSA) is 739 Å². The first kappa shape index (κ1) is 94.6. The fourth-order valence-corrected chi connectivity index (χ4v) is 26.0. The summed E-state index contributed by atoms with van der Waals surface area (Å²) in [5, 5.41) is 21.7. The van der Waals surface area contributed by atoms with Crippen LogP contribution in [-0.2, 0) is 142 Å². The number of pyridine rings is 1. The van der Waals surface area contributed by atoms with Gasteiger partial charge in [0, 0.05) is 19.0 Å². The van der Waals surface area contributed by atoms with Crippen LogP contribution in [0.1, 0.15) is 60.5 Å². The third kappa shape index (κ3) is 18.9. The van der Waals surface area contributed by atoms with E-state index in [4.69, 9.17) is 171 Å². The van der Waals surface area contributed by atoms with Crippen molar-refractivity contribution in [3.63, 3.8) is 0 Å². The molecular formula is C61H69F4N29O26P6S7. The van der Waals surface area contributed by atoms with Gasteiger partial charge in [-0.15, -0.1) is 22.0 Å². The first-order valence-corrected chi connectivity index (χ1v) is 55.3. The summed E-state index contributed by atoms with van der Waals surface area (Å²) in [6.45, 7) is -28.4. The van der Waals surface area contributed by atoms with Crippen molar-refractivity contribution in [1.82, 2.24) is 113 Å². The van der Waals surface area contributed by atoms with Gasteiger partial charge >= 0.3 is 40.4 Å². The van der Waals surface area contributed by atoms with Crippen LogP contribution >= 0.6 is 64.4 Å². The van der Waals surface area contributed by atoms with Crippen LogP contribution in [0.3, 0.4) is 0 Å². The van der Waals surface area contributed by atoms with Gasteiger partial charge in [0.2, 0.25) is 17.8 Å². The number of nitrogen functional groups attached to an aromatic ring is 6. The predicted octanol–water partition coefficient (Wildman–Crippen LogP) is 1.46. The van der Waals surface area contributed by atoms with Crippen LogP contribution in [0.4, 0.5) is 52.5 Å². The van der Waals surface area contributed by atoms with Crippen LogP contribution in [0, 0.1) is 0 Å². The Labute approximate surface area is 771 Å². The number of hydrogen-bond donors (Lipinski definition) is 15. The number of hydrogen-bond acceptors (Lipinski definition) is 47. The number of nitrogens with zero attached hydrogens (tertiary/aromatic N) is 20. The molecule has 21 rings (SSSR count). The molecule has 12 aromatic rings. The smallest absolute Gasteiger partial charge is 0.386 e. The number of rotatable bonds is 6. The van der Waals surface area contributed by atoms with Gasteiger partial charge < -0.3 is 114 Å². The van der Waals surface area contributed by atoms with E-state index in [0.717, 1.165) is 21.1 Å². The molecule has 133 heavy (non-hydrogen) atoms. The molecule has 9 aliphatic rings. The van der Waals surface area contributed by atoms with Crippen molar-refractivity contribution in [3.8, 4) is 0 Å². The molecule has 20 N–H and O–H groups in total. The molecule has 6 bridgehead atoms. The van der Waals surface area contributed by atoms with E-state index in [-0.39, 0.29) is 69.8 Å². The number of halogens is 4. The summed E-state index contributed by atoms with van der Waals surface area (Å²) >= 11 is 31.1. The van der Waals surface area contributed by atoms with Gasteiger partial charge in [-0.25, -0.2) is 56.1 Å². The van der Waals surface area contributed by atoms with Crippen LogP contribution in [0.15, 0.2) is 76.2 Å². The molecule has 6 unspecified atom stereocenters. The van der Waals surface area contributed by atoms with Gasteiger partial charge in [-0.1, -0.05) is 22.7 Å². The average Bonchev–Trinajstić information content (AvgIpc) is 1.61. The third-order valence-electron chi connectivity index (χ3n) is 21.7. The quantitative estimate of drug-likeness (QED) is 0.0636. The molecule has 72 heteroatoms. The molecule has 0 spiro atoms. The highest BCUT2D eigenvalue weighted by Gasteiger charge is 2.58. The Morgan fingerprint density at radius 1 is 0.429 bits per heavy atom. The monoisotopic (exact) mass is 2110 g/mol. The van der Waals surface area contributed by atoms with Crippen molar-refractivity contribution in [1.29, 1.82) is 0 Å². The molecule has 12 aromatic heterocycles. The lowest BCUT2D eigenvalue weighted by Crippen LogP contribution is -2.33. The van der Waals surface area contributed by atoms with Gasteiger partial charge in [0.1, 0.15) is 84.2 Å². The molecule has 0 saturated carbocycles. The highest BCUT2D eigenvalue weighted by molar-refractivity contribution is 8.44. The Hall–Kier alpha value is -7.41. The lowest BCUT2D eigenvalue weighted by atomic mass is 10.1. The van der Waals surface area contributed by atoms with Crippen LogP contribution in [0.2, 0.25) is 0 Å². The van der Waals surface area contributed by atoms with E-state index in [1.54, 1.807) is 12.1 Å². The summed E-state index contributed by atoms with van der Waals surface area (Å²) in [7, 11) is 0. The number of H-pyrrole nitrogens is 3. The van der Waals surface area contributed by atoms with Crippen LogP contribution in [-0.4, -0.2) is 274 Å². The molecular weight excluding hydrogens is 2040 g/mol. The van der Waals surface area contributed by atoms with E-state index in [9.17, 15) is 43.4 Å². The van der Waals surface area contributed by atoms with Crippen molar-refractivity contribution in [2.45, 2.75) is 146 Å². The SMILES string of the molecule is Nc1nc2c(ncn2[C@@H]2S[C@@H]3COP(=O)(S)O[C@H]4[C@H](F)[C@H](n5cnc6c(N)ccnc65)O[C@@H]4COP(O)(=S)O[C@@H]2[C@@H]3F)c(=O)[nH]1.Nc1nc2c(nnn2[C@@H]2O[C@@H]3COP(O)(=S)O[C@H]4C[C@H](c5cnc6c(N)ccnn56)O[C@@H]4COP(O)(=S)O[C@@H]2[C@H]3F)c(=O)[nH]1.Nc1nc2c(nnn2[C@@H]2O[C@@H]3COP(O)(=S)O[C@H]4C[C@H](c5cnc6c(N)ccnn56)O[C@@H]4COP(O)(=S)O[C@@H]2[C@H]3F)c(=O)[nH]1. The van der Waals surface area contributed by atoms with E-state index in [1.165, 1.54) is 67.9 Å². The number of anilines is 6. The summed E-state index contributed by atoms with van der Waals surface area (Å²) in [5.41, 5.74) is 35.6. The number of nitrogens with one attached hydrogen (secondary N) is 3. The van der Waals surface area contributed by atoms with Gasteiger partial charge in [-0.3, -0.25) is 61.1 Å². The van der Waals surface area contributed by atoms with E-state index in [0.29, 0.717) is 45.3 Å². The molecule has 0 aromatic carbocycles. The van der Waals surface area contributed by atoms with Crippen molar-refractivity contribution >= 4 is 214 Å². The molecule has 9 aliphatic heterocycles. The highest BCUT2D eigenvalue weighted by atomic mass is 32.7. The minimum Gasteiger partial charge on any atom is -0.397 e. The minimum absolute atomic E-state index is 0.0121. The van der Waals surface area contributed by atoms with Crippen LogP contribution in [0.25, 0.3) is 55.9 Å². The maximum absolute atomic E-state index is 16.0. The van der Waals surface area contributed by atoms with Crippen molar-refractivity contribution in [2.24, 2.45) is 0 Å². The molecule has 0 amide bonds. The zero-order chi connectivity index (χ0) is 93.8. The third-order valence-corrected chi connectivity index (χ3v) is 32.7. The minimum atomic E-state index is -4.38. The Kier molecular flexibility index (Phi) is 25.9. The summed E-state index contributed by atoms with van der Waals surface area (Å²) < 4.78 is 182. The predicted molar refractivity (Wildman–Crippen MR) is 470 cm³/mol. The number of ether oxygens (including phenoxy) is 5. The zero-order valence-electron chi connectivity index (χ0n) is 66.4. The zero-order valence-corrected chi connectivity index (χ0v) is 77.6. The number of nitrogens with two attached hydrogens (primary N) is 6. The van der Waals surface area contributed by atoms with E-state index >= 15 is 17.6 Å². The molecule has 0 aliphatic carbocycles. The first-order valence-electron chi connectivity index (χ1n) is 38.7. The number of aromatic amines is 3. The lowest BCUT2D eigenvalue weighted by molar-refractivity contribution is -0.0607. The summed E-state index contributed by atoms with van der Waals surface area (Å²) in [6, 6.07) is 4.72. The average molecular weight is 2110 g/mol. The number of imidazole rings is 4. The fourth-order valence-electron chi connectivity index (χ4n) is 15.7. The molecule has 9 saturated heterocycles. The van der Waals surface area contributed by atoms with Crippen LogP contribution < -0.4 is 51.1 Å². The van der Waals surface area contributed by atoms with Crippen molar-refractivity contribution in [2.75, 3.05) is 74.0 Å². The van der Waals surface area contributed by atoms with Crippen molar-refractivity contribution < 1.29 is 125 Å². The van der Waals surface area contributed by atoms with Crippen molar-refractivity contribution in [3.05, 3.63) is 104 Å². The molecule has 0 radical (unpaired) electrons. The maximum atomic E-state index is 16.0. The van der Waals surface area contributed by atoms with E-state index in [2.05, 4.69) is 97.9 Å². The number of thioether (sulfide) groups is 1. The molecule has 28 atom stereocenters. The van der Waals surface area contributed by atoms with Crippen LogP contribution in [0.5, 0.6) is 0 Å². The Bertz CT molecular complexity index is 6800. The summed E-state index contributed by atoms with van der Waals surface area (Å²) in [4.78, 5) is 132. The standard InChI is InChI=1S/C21H23F2N9O8P2S3.2C20H23FN10O9P2S2/c22-10-9-4-37-42(35,44)39-14-8(38-19(11(14)23)31-5-27-12-7(24)1-2-26-16(12)31)3-36-41(34,43)40-15(10)20(45-9)32-6-28-13-17(32)29-21(25)30-18(13)33;2*21-13-12-6-36-41(33,43)39-10-3-9(8-4-24-16-7(22)1-2-25-30(8)16)37-11(10)5-35-42(34,44)40-15(13)19(38-12)31-17-14(28-29-31)18(32)27-20(23)26-17/h1-2,5-6,8-11,14-15,19-20H,3-4H2,(H2,24,26)(H,34,43)(H,35,44)(H3,25,29,30,33);2*1-2,4,9-13,15,19H,3,5-6,22H2,(H,33,43)(H,34,44)(H3,23,26,27,32)/t8-,9-,10-,11+,14-,15-,19-,20-,41?,42?;2*9-,10+,11-,12-,13+,15-,19-,41?,42?/m111/s1. The number of fused-ring (bicyclic) bond motifs is 15. The van der Waals surface area contributed by atoms with Gasteiger partial charge in [0.15, 0.2) is 87.6 Å². The summed E-state index contributed by atoms with van der Waals surface area (Å²) in [5.74, 6) is -0.737. The van der Waals surface area contributed by atoms with Gasteiger partial charge in [0.05, 0.1) is 123 Å². The largest absolute Gasteiger partial charge is 0.397 e. The van der Waals surface area contributed by atoms with Gasteiger partial charge in [0.25, 0.3) is 16.7 Å². The molecule has 9 fully saturated rings. The Morgan fingerprint density at radius 3 is 1.36 bits per heavy atom. The Morgan fingerprint density at radius 2 is 0.857 bits per heavy atom. The number of aromatic nitrogens is 23. The highest BCUT2D eigenvalue weighted by Crippen LogP contribution is 2.62. The van der Waals surface area contributed by atoms with Gasteiger partial charge in [-0.2, -0.15) is 34.5 Å². The normalized spacial score (nSPS) is 36.9. The Balaban J connectivity index is 0.000000129.